The first-order valence-electron chi connectivity index (χ1n) is 8.28. The van der Waals surface area contributed by atoms with Crippen LogP contribution in [0, 0.1) is 0 Å². The largest absolute Gasteiger partial charge is 0.496 e. The lowest BCUT2D eigenvalue weighted by Crippen LogP contribution is -2.47. The predicted molar refractivity (Wildman–Crippen MR) is 99.2 cm³/mol. The van der Waals surface area contributed by atoms with Crippen LogP contribution in [0.1, 0.15) is 37.7 Å². The number of fused-ring (bicyclic) bond motifs is 2. The summed E-state index contributed by atoms with van der Waals surface area (Å²) < 4.78 is 6.44. The van der Waals surface area contributed by atoms with E-state index in [2.05, 4.69) is 33.2 Å². The van der Waals surface area contributed by atoms with Crippen LogP contribution < -0.4 is 4.74 Å². The minimum Gasteiger partial charge on any atom is -0.496 e. The van der Waals surface area contributed by atoms with E-state index in [4.69, 9.17) is 4.74 Å². The van der Waals surface area contributed by atoms with Gasteiger partial charge in [-0.25, -0.2) is 0 Å². The summed E-state index contributed by atoms with van der Waals surface area (Å²) in [6, 6.07) is 6.93. The number of benzene rings is 1. The number of thioether (sulfide) groups is 1. The number of hydrogen-bond donors (Lipinski definition) is 0. The molecule has 2 aliphatic heterocycles. The second-order valence-electron chi connectivity index (χ2n) is 6.47. The van der Waals surface area contributed by atoms with Gasteiger partial charge in [-0.2, -0.15) is 11.8 Å². The van der Waals surface area contributed by atoms with Gasteiger partial charge in [-0.05, 0) is 62.1 Å². The van der Waals surface area contributed by atoms with E-state index >= 15 is 0 Å². The molecule has 0 aromatic heterocycles. The number of halogens is 1. The van der Waals surface area contributed by atoms with Crippen molar-refractivity contribution in [1.29, 1.82) is 0 Å². The van der Waals surface area contributed by atoms with E-state index in [9.17, 15) is 4.79 Å². The molecule has 2 heterocycles. The molecular weight excluding hydrogens is 374 g/mol. The van der Waals surface area contributed by atoms with Crippen LogP contribution >= 0.6 is 27.7 Å². The first-order chi connectivity index (χ1) is 11.1. The highest BCUT2D eigenvalue weighted by Gasteiger charge is 2.42. The van der Waals surface area contributed by atoms with E-state index in [1.807, 2.05) is 23.9 Å². The summed E-state index contributed by atoms with van der Waals surface area (Å²) in [6.45, 7) is 0. The topological polar surface area (TPSA) is 29.5 Å². The minimum absolute atomic E-state index is 0.319. The van der Waals surface area contributed by atoms with Crippen molar-refractivity contribution in [2.24, 2.45) is 0 Å². The van der Waals surface area contributed by atoms with Crippen LogP contribution in [0.15, 0.2) is 22.7 Å². The fraction of sp³-hybridized carbons (Fsp3) is 0.611. The fourth-order valence-corrected chi connectivity index (χ4v) is 5.28. The smallest absolute Gasteiger partial charge is 0.223 e. The molecule has 23 heavy (non-hydrogen) atoms. The maximum Gasteiger partial charge on any atom is 0.223 e. The molecule has 0 saturated carbocycles. The van der Waals surface area contributed by atoms with Gasteiger partial charge in [-0.15, -0.1) is 0 Å². The lowest BCUT2D eigenvalue weighted by Gasteiger charge is -2.38. The van der Waals surface area contributed by atoms with E-state index < -0.39 is 0 Å². The van der Waals surface area contributed by atoms with E-state index in [-0.39, 0.29) is 0 Å². The number of carbonyl (C=O) groups excluding carboxylic acids is 1. The number of ether oxygens (including phenoxy) is 1. The number of hydrogen-bond acceptors (Lipinski definition) is 3. The van der Waals surface area contributed by atoms with Crippen molar-refractivity contribution in [3.8, 4) is 5.75 Å². The number of nitrogens with zero attached hydrogens (tertiary/aromatic N) is 1. The van der Waals surface area contributed by atoms with Crippen molar-refractivity contribution in [3.63, 3.8) is 0 Å². The lowest BCUT2D eigenvalue weighted by molar-refractivity contribution is -0.135. The van der Waals surface area contributed by atoms with Gasteiger partial charge >= 0.3 is 0 Å². The summed E-state index contributed by atoms with van der Waals surface area (Å²) in [5.41, 5.74) is 1.10. The monoisotopic (exact) mass is 397 g/mol. The molecule has 1 aromatic carbocycles. The zero-order valence-electron chi connectivity index (χ0n) is 13.8. The highest BCUT2D eigenvalue weighted by Crippen LogP contribution is 2.40. The Bertz CT molecular complexity index is 566. The van der Waals surface area contributed by atoms with E-state index in [0.29, 0.717) is 24.4 Å². The molecule has 0 radical (unpaired) electrons. The van der Waals surface area contributed by atoms with Crippen molar-refractivity contribution >= 4 is 33.6 Å². The second kappa shape index (κ2) is 7.47. The van der Waals surface area contributed by atoms with Gasteiger partial charge in [0, 0.05) is 28.2 Å². The maximum atomic E-state index is 12.8. The molecule has 0 spiro atoms. The number of piperidine rings is 1. The molecule has 2 atom stereocenters. The molecule has 2 saturated heterocycles. The Morgan fingerprint density at radius 3 is 2.65 bits per heavy atom. The second-order valence-corrected chi connectivity index (χ2v) is 8.53. The standard InChI is InChI=1S/C18H24BrNO2S/c1-22-17-7-4-13(19)9-12(17)3-8-18(21)20-14-5-6-15(20)11-16(10-14)23-2/h4,7,9,14-16H,3,5-6,8,10-11H2,1-2H3. The Balaban J connectivity index is 1.63. The van der Waals surface area contributed by atoms with Gasteiger partial charge in [0.05, 0.1) is 7.11 Å². The van der Waals surface area contributed by atoms with Gasteiger partial charge < -0.3 is 9.64 Å². The third-order valence-electron chi connectivity index (χ3n) is 5.16. The van der Waals surface area contributed by atoms with Crippen molar-refractivity contribution in [1.82, 2.24) is 4.90 Å². The van der Waals surface area contributed by atoms with Gasteiger partial charge in [0.15, 0.2) is 0 Å². The quantitative estimate of drug-likeness (QED) is 0.742. The number of amides is 1. The van der Waals surface area contributed by atoms with E-state index in [1.54, 1.807) is 7.11 Å². The maximum absolute atomic E-state index is 12.8. The van der Waals surface area contributed by atoms with Crippen LogP contribution in [0.2, 0.25) is 0 Å². The Morgan fingerprint density at radius 1 is 1.35 bits per heavy atom. The number of rotatable bonds is 5. The van der Waals surface area contributed by atoms with E-state index in [1.165, 1.54) is 25.7 Å². The summed E-state index contributed by atoms with van der Waals surface area (Å²) in [5, 5.41) is 0.738. The Labute approximate surface area is 151 Å². The molecule has 126 valence electrons. The molecule has 3 nitrogen and oxygen atoms in total. The Hall–Kier alpha value is -0.680. The highest BCUT2D eigenvalue weighted by molar-refractivity contribution is 9.10. The van der Waals surface area contributed by atoms with Gasteiger partial charge in [-0.1, -0.05) is 15.9 Å². The van der Waals surface area contributed by atoms with Gasteiger partial charge in [0.25, 0.3) is 0 Å². The number of carbonyl (C=O) groups is 1. The molecule has 2 unspecified atom stereocenters. The molecule has 2 fully saturated rings. The van der Waals surface area contributed by atoms with Crippen LogP contribution in [-0.4, -0.2) is 41.5 Å². The number of aryl methyl sites for hydroxylation is 1. The third-order valence-corrected chi connectivity index (χ3v) is 6.71. The van der Waals surface area contributed by atoms with Crippen LogP contribution in [-0.2, 0) is 11.2 Å². The van der Waals surface area contributed by atoms with Crippen LogP contribution in [0.4, 0.5) is 0 Å². The highest BCUT2D eigenvalue weighted by atomic mass is 79.9. The van der Waals surface area contributed by atoms with Crippen LogP contribution in [0.25, 0.3) is 0 Å². The Morgan fingerprint density at radius 2 is 2.04 bits per heavy atom. The summed E-state index contributed by atoms with van der Waals surface area (Å²) in [5.74, 6) is 1.18. The zero-order chi connectivity index (χ0) is 16.4. The third kappa shape index (κ3) is 3.71. The lowest BCUT2D eigenvalue weighted by atomic mass is 10.0. The van der Waals surface area contributed by atoms with Gasteiger partial charge in [0.1, 0.15) is 5.75 Å². The Kier molecular flexibility index (Phi) is 5.57. The summed E-state index contributed by atoms with van der Waals surface area (Å²) in [4.78, 5) is 15.0. The van der Waals surface area contributed by atoms with Crippen molar-refractivity contribution < 1.29 is 9.53 Å². The molecule has 0 N–H and O–H groups in total. The molecule has 1 amide bonds. The number of methoxy groups -OCH3 is 1. The van der Waals surface area contributed by atoms with Gasteiger partial charge in [-0.3, -0.25) is 4.79 Å². The summed E-state index contributed by atoms with van der Waals surface area (Å²) in [6.07, 6.45) is 8.22. The molecule has 0 aliphatic carbocycles. The average molecular weight is 398 g/mol. The molecule has 1 aromatic rings. The first kappa shape index (κ1) is 17.2. The first-order valence-corrected chi connectivity index (χ1v) is 10.4. The van der Waals surface area contributed by atoms with E-state index in [0.717, 1.165) is 27.5 Å². The predicted octanol–water partition coefficient (Wildman–Crippen LogP) is 4.28. The zero-order valence-corrected chi connectivity index (χ0v) is 16.2. The summed E-state index contributed by atoms with van der Waals surface area (Å²) >= 11 is 5.46. The SMILES string of the molecule is COc1ccc(Br)cc1CCC(=O)N1C2CCC1CC(SC)C2. The normalized spacial score (nSPS) is 26.4. The van der Waals surface area contributed by atoms with Gasteiger partial charge in [0.2, 0.25) is 5.91 Å². The van der Waals surface area contributed by atoms with Crippen molar-refractivity contribution in [2.75, 3.05) is 13.4 Å². The fourth-order valence-electron chi connectivity index (χ4n) is 4.04. The van der Waals surface area contributed by atoms with Crippen molar-refractivity contribution in [3.05, 3.63) is 28.2 Å². The minimum atomic E-state index is 0.319. The average Bonchev–Trinajstić information content (AvgIpc) is 2.83. The van der Waals surface area contributed by atoms with Crippen molar-refractivity contribution in [2.45, 2.75) is 55.9 Å². The summed E-state index contributed by atoms with van der Waals surface area (Å²) in [7, 11) is 1.68. The molecule has 2 bridgehead atoms. The molecular formula is C18H24BrNO2S. The molecule has 2 aliphatic rings. The van der Waals surface area contributed by atoms with Crippen LogP contribution in [0.5, 0.6) is 5.75 Å². The molecule has 5 heteroatoms. The van der Waals surface area contributed by atoms with Crippen LogP contribution in [0.3, 0.4) is 0 Å². The molecule has 3 rings (SSSR count).